The van der Waals surface area contributed by atoms with Crippen molar-refractivity contribution < 1.29 is 0 Å². The molecule has 2 heteroatoms. The third-order valence-electron chi connectivity index (χ3n) is 7.93. The lowest BCUT2D eigenvalue weighted by molar-refractivity contribution is 1.29. The first-order valence-corrected chi connectivity index (χ1v) is 13.7. The molecule has 0 saturated heterocycles. The van der Waals surface area contributed by atoms with Crippen LogP contribution in [0.2, 0.25) is 0 Å². The Labute approximate surface area is 234 Å². The Hall–Kier alpha value is -5.08. The van der Waals surface area contributed by atoms with Crippen molar-refractivity contribution in [1.82, 2.24) is 9.97 Å². The highest BCUT2D eigenvalue weighted by Crippen LogP contribution is 2.44. The minimum absolute atomic E-state index is 1.16. The summed E-state index contributed by atoms with van der Waals surface area (Å²) in [7, 11) is 0. The van der Waals surface area contributed by atoms with Crippen molar-refractivity contribution >= 4 is 21.5 Å². The van der Waals surface area contributed by atoms with Crippen LogP contribution in [0.1, 0.15) is 11.1 Å². The Balaban J connectivity index is 1.51. The molecule has 2 aromatic heterocycles. The number of aromatic nitrogens is 2. The van der Waals surface area contributed by atoms with E-state index in [4.69, 9.17) is 0 Å². The summed E-state index contributed by atoms with van der Waals surface area (Å²) >= 11 is 0. The molecule has 5 aromatic carbocycles. The number of aryl methyl sites for hydroxylation is 2. The third kappa shape index (κ3) is 4.06. The van der Waals surface area contributed by atoms with E-state index < -0.39 is 0 Å². The average molecular weight is 513 g/mol. The number of rotatable bonds is 4. The molecule has 2 heterocycles. The fourth-order valence-corrected chi connectivity index (χ4v) is 5.97. The number of fused-ring (bicyclic) bond motifs is 2. The van der Waals surface area contributed by atoms with Gasteiger partial charge in [-0.3, -0.25) is 9.97 Å². The van der Waals surface area contributed by atoms with Crippen molar-refractivity contribution in [2.75, 3.05) is 0 Å². The molecule has 0 aliphatic carbocycles. The van der Waals surface area contributed by atoms with Gasteiger partial charge in [0.1, 0.15) is 0 Å². The van der Waals surface area contributed by atoms with Crippen LogP contribution < -0.4 is 0 Å². The molecule has 0 fully saturated rings. The van der Waals surface area contributed by atoms with Crippen molar-refractivity contribution in [3.05, 3.63) is 145 Å². The second-order valence-corrected chi connectivity index (χ2v) is 10.4. The number of benzene rings is 5. The molecule has 0 spiro atoms. The number of pyridine rings is 2. The molecule has 2 nitrogen and oxygen atoms in total. The Morgan fingerprint density at radius 3 is 1.15 bits per heavy atom. The van der Waals surface area contributed by atoms with Crippen LogP contribution in [0, 0.1) is 13.8 Å². The van der Waals surface area contributed by atoms with Gasteiger partial charge < -0.3 is 0 Å². The lowest BCUT2D eigenvalue weighted by atomic mass is 9.85. The normalized spacial score (nSPS) is 11.2. The summed E-state index contributed by atoms with van der Waals surface area (Å²) < 4.78 is 0. The molecule has 0 unspecified atom stereocenters. The van der Waals surface area contributed by atoms with Gasteiger partial charge in [0.15, 0.2) is 0 Å². The molecular formula is C38H28N2. The lowest BCUT2D eigenvalue weighted by Gasteiger charge is -2.19. The van der Waals surface area contributed by atoms with E-state index in [1.165, 1.54) is 66.1 Å². The summed E-state index contributed by atoms with van der Waals surface area (Å²) in [6.07, 6.45) is 7.63. The van der Waals surface area contributed by atoms with Crippen molar-refractivity contribution in [2.45, 2.75) is 13.8 Å². The van der Waals surface area contributed by atoms with Crippen LogP contribution in [-0.4, -0.2) is 9.97 Å². The van der Waals surface area contributed by atoms with Crippen molar-refractivity contribution in [3.8, 4) is 44.5 Å². The van der Waals surface area contributed by atoms with Crippen molar-refractivity contribution in [3.63, 3.8) is 0 Å². The molecule has 7 aromatic rings. The number of hydrogen-bond donors (Lipinski definition) is 0. The largest absolute Gasteiger partial charge is 0.264 e. The molecular weight excluding hydrogens is 484 g/mol. The van der Waals surface area contributed by atoms with Gasteiger partial charge in [-0.25, -0.2) is 0 Å². The predicted molar refractivity (Wildman–Crippen MR) is 168 cm³/mol. The zero-order valence-electron chi connectivity index (χ0n) is 22.6. The number of nitrogens with zero attached hydrogens (tertiary/aromatic N) is 2. The van der Waals surface area contributed by atoms with Crippen LogP contribution in [0.4, 0.5) is 0 Å². The van der Waals surface area contributed by atoms with Crippen LogP contribution in [0.3, 0.4) is 0 Å². The van der Waals surface area contributed by atoms with Gasteiger partial charge in [0.05, 0.1) is 0 Å². The van der Waals surface area contributed by atoms with Gasteiger partial charge in [-0.1, -0.05) is 84.9 Å². The summed E-state index contributed by atoms with van der Waals surface area (Å²) in [6.45, 7) is 4.29. The van der Waals surface area contributed by atoms with Gasteiger partial charge in [-0.05, 0) is 104 Å². The molecule has 0 amide bonds. The van der Waals surface area contributed by atoms with Crippen LogP contribution in [0.5, 0.6) is 0 Å². The number of hydrogen-bond acceptors (Lipinski definition) is 2. The standard InChI is InChI=1S/C38H28N2/c1-25-17-19-39-23-35(25)27-9-7-11-29(21-27)37-31-13-3-5-15-33(31)38(34-16-6-4-14-32(34)37)30-12-8-10-28(22-30)36-24-40-20-18-26(36)2/h3-24H,1-2H3. The van der Waals surface area contributed by atoms with E-state index >= 15 is 0 Å². The van der Waals surface area contributed by atoms with Gasteiger partial charge in [0, 0.05) is 35.9 Å². The minimum Gasteiger partial charge on any atom is -0.264 e. The van der Waals surface area contributed by atoms with Crippen molar-refractivity contribution in [1.29, 1.82) is 0 Å². The topological polar surface area (TPSA) is 25.8 Å². The molecule has 190 valence electrons. The highest BCUT2D eigenvalue weighted by Gasteiger charge is 2.17. The van der Waals surface area contributed by atoms with E-state index in [0.717, 1.165) is 11.1 Å². The maximum absolute atomic E-state index is 4.40. The van der Waals surface area contributed by atoms with E-state index in [1.807, 2.05) is 24.8 Å². The maximum atomic E-state index is 4.40. The van der Waals surface area contributed by atoms with Crippen LogP contribution in [-0.2, 0) is 0 Å². The smallest absolute Gasteiger partial charge is 0.0349 e. The van der Waals surface area contributed by atoms with Gasteiger partial charge in [0.2, 0.25) is 0 Å². The van der Waals surface area contributed by atoms with E-state index in [-0.39, 0.29) is 0 Å². The van der Waals surface area contributed by atoms with Crippen molar-refractivity contribution in [2.24, 2.45) is 0 Å². The molecule has 0 saturated carbocycles. The molecule has 0 bridgehead atoms. The predicted octanol–water partition coefficient (Wildman–Crippen LogP) is 10.1. The van der Waals surface area contributed by atoms with Crippen LogP contribution in [0.25, 0.3) is 66.1 Å². The highest BCUT2D eigenvalue weighted by molar-refractivity contribution is 6.21. The molecule has 0 aliphatic heterocycles. The fourth-order valence-electron chi connectivity index (χ4n) is 5.97. The quantitative estimate of drug-likeness (QED) is 0.219. The first kappa shape index (κ1) is 24.0. The van der Waals surface area contributed by atoms with Gasteiger partial charge in [-0.2, -0.15) is 0 Å². The summed E-state index contributed by atoms with van der Waals surface area (Å²) in [4.78, 5) is 8.80. The van der Waals surface area contributed by atoms with E-state index in [0.29, 0.717) is 0 Å². The molecule has 0 atom stereocenters. The monoisotopic (exact) mass is 512 g/mol. The van der Waals surface area contributed by atoms with Gasteiger partial charge in [0.25, 0.3) is 0 Å². The summed E-state index contributed by atoms with van der Waals surface area (Å²) in [5.41, 5.74) is 12.1. The second-order valence-electron chi connectivity index (χ2n) is 10.4. The second kappa shape index (κ2) is 9.91. The van der Waals surface area contributed by atoms with Crippen LogP contribution >= 0.6 is 0 Å². The Bertz CT molecular complexity index is 1830. The zero-order chi connectivity index (χ0) is 27.1. The lowest BCUT2D eigenvalue weighted by Crippen LogP contribution is -1.92. The molecule has 0 N–H and O–H groups in total. The third-order valence-corrected chi connectivity index (χ3v) is 7.93. The van der Waals surface area contributed by atoms with E-state index in [1.54, 1.807) is 0 Å². The molecule has 0 aliphatic rings. The maximum Gasteiger partial charge on any atom is 0.0349 e. The summed E-state index contributed by atoms with van der Waals surface area (Å²) in [5.74, 6) is 0. The molecule has 0 radical (unpaired) electrons. The molecule has 7 rings (SSSR count). The Morgan fingerprint density at radius 2 is 0.775 bits per heavy atom. The fraction of sp³-hybridized carbons (Fsp3) is 0.0526. The van der Waals surface area contributed by atoms with E-state index in [9.17, 15) is 0 Å². The van der Waals surface area contributed by atoms with Crippen LogP contribution in [0.15, 0.2) is 134 Å². The SMILES string of the molecule is Cc1ccncc1-c1cccc(-c2c3ccccc3c(-c3cccc(-c4cnccc4C)c3)c3ccccc23)c1. The highest BCUT2D eigenvalue weighted by atomic mass is 14.6. The first-order valence-electron chi connectivity index (χ1n) is 13.7. The summed E-state index contributed by atoms with van der Waals surface area (Å²) in [5, 5.41) is 5.00. The average Bonchev–Trinajstić information content (AvgIpc) is 3.00. The van der Waals surface area contributed by atoms with Gasteiger partial charge >= 0.3 is 0 Å². The Morgan fingerprint density at radius 1 is 0.400 bits per heavy atom. The minimum atomic E-state index is 1.16. The van der Waals surface area contributed by atoms with Gasteiger partial charge in [-0.15, -0.1) is 0 Å². The molecule has 40 heavy (non-hydrogen) atoms. The zero-order valence-corrected chi connectivity index (χ0v) is 22.6. The van der Waals surface area contributed by atoms with E-state index in [2.05, 4.69) is 133 Å². The summed E-state index contributed by atoms with van der Waals surface area (Å²) in [6, 6.07) is 39.5. The first-order chi connectivity index (χ1) is 19.7. The Kier molecular flexibility index (Phi) is 5.94.